The van der Waals surface area contributed by atoms with Crippen molar-refractivity contribution in [1.29, 1.82) is 0 Å². The Kier molecular flexibility index (Phi) is 4.47. The Bertz CT molecular complexity index is 475. The van der Waals surface area contributed by atoms with Crippen molar-refractivity contribution >= 4 is 5.69 Å². The predicted octanol–water partition coefficient (Wildman–Crippen LogP) is 2.96. The second-order valence-electron chi connectivity index (χ2n) is 4.80. The Labute approximate surface area is 113 Å². The zero-order chi connectivity index (χ0) is 14.9. The van der Waals surface area contributed by atoms with E-state index in [2.05, 4.69) is 5.32 Å². The lowest BCUT2D eigenvalue weighted by molar-refractivity contribution is 0.370. The summed E-state index contributed by atoms with van der Waals surface area (Å²) in [6.45, 7) is 2.80. The van der Waals surface area contributed by atoms with Crippen LogP contribution in [0.5, 0.6) is 0 Å². The Morgan fingerprint density at radius 3 is 2.10 bits per heavy atom. The Balaban J connectivity index is 2.37. The van der Waals surface area contributed by atoms with Gasteiger partial charge in [0.25, 0.3) is 0 Å². The molecule has 7 heteroatoms. The number of nitrogens with zero attached hydrogens (tertiary/aromatic N) is 1. The molecule has 1 aliphatic heterocycles. The summed E-state index contributed by atoms with van der Waals surface area (Å²) in [5, 5.41) is 3.15. The van der Waals surface area contributed by atoms with Crippen LogP contribution in [0.15, 0.2) is 0 Å². The summed E-state index contributed by atoms with van der Waals surface area (Å²) in [5.74, 6) is -9.45. The molecule has 20 heavy (non-hydrogen) atoms. The van der Waals surface area contributed by atoms with Crippen molar-refractivity contribution in [3.05, 3.63) is 29.1 Å². The third-order valence-corrected chi connectivity index (χ3v) is 3.40. The Morgan fingerprint density at radius 1 is 1.00 bits per heavy atom. The van der Waals surface area contributed by atoms with Gasteiger partial charge in [0, 0.05) is 25.7 Å². The van der Waals surface area contributed by atoms with Crippen molar-refractivity contribution in [1.82, 2.24) is 5.32 Å². The first-order valence-corrected chi connectivity index (χ1v) is 6.47. The van der Waals surface area contributed by atoms with Crippen molar-refractivity contribution in [3.8, 4) is 0 Å². The molecule has 1 atom stereocenters. The van der Waals surface area contributed by atoms with Crippen molar-refractivity contribution in [2.75, 3.05) is 24.5 Å². The average Bonchev–Trinajstić information content (AvgIpc) is 2.44. The number of hydrogen-bond donors (Lipinski definition) is 1. The Morgan fingerprint density at radius 2 is 1.55 bits per heavy atom. The van der Waals surface area contributed by atoms with Gasteiger partial charge in [0.05, 0.1) is 0 Å². The van der Waals surface area contributed by atoms with Crippen LogP contribution in [0.3, 0.4) is 0 Å². The summed E-state index contributed by atoms with van der Waals surface area (Å²) in [6.07, 6.45) is 1.63. The fourth-order valence-electron chi connectivity index (χ4n) is 2.44. The maximum absolute atomic E-state index is 13.7. The molecule has 0 radical (unpaired) electrons. The number of halogens is 5. The summed E-state index contributed by atoms with van der Waals surface area (Å²) >= 11 is 0. The number of piperazine rings is 1. The van der Waals surface area contributed by atoms with Crippen LogP contribution >= 0.6 is 0 Å². The summed E-state index contributed by atoms with van der Waals surface area (Å²) in [6, 6.07) is -0.0243. The molecule has 0 bridgehead atoms. The van der Waals surface area contributed by atoms with E-state index in [1.165, 1.54) is 4.90 Å². The van der Waals surface area contributed by atoms with Crippen molar-refractivity contribution in [2.24, 2.45) is 0 Å². The molecule has 1 heterocycles. The van der Waals surface area contributed by atoms with Crippen LogP contribution in [0.1, 0.15) is 19.8 Å². The normalized spacial score (nSPS) is 19.5. The van der Waals surface area contributed by atoms with Crippen LogP contribution < -0.4 is 10.2 Å². The van der Waals surface area contributed by atoms with E-state index in [9.17, 15) is 22.0 Å². The van der Waals surface area contributed by atoms with E-state index in [4.69, 9.17) is 0 Å². The third kappa shape index (κ3) is 2.59. The van der Waals surface area contributed by atoms with Crippen LogP contribution in [0.25, 0.3) is 0 Å². The molecule has 112 valence electrons. The lowest BCUT2D eigenvalue weighted by Gasteiger charge is -2.35. The van der Waals surface area contributed by atoms with Gasteiger partial charge >= 0.3 is 0 Å². The zero-order valence-electron chi connectivity index (χ0n) is 10.9. The van der Waals surface area contributed by atoms with E-state index < -0.39 is 34.8 Å². The first-order valence-electron chi connectivity index (χ1n) is 6.47. The van der Waals surface area contributed by atoms with E-state index in [0.29, 0.717) is 6.54 Å². The molecule has 0 spiro atoms. The highest BCUT2D eigenvalue weighted by Gasteiger charge is 2.31. The smallest absolute Gasteiger partial charge is 0.200 e. The van der Waals surface area contributed by atoms with Crippen LogP contribution in [0.4, 0.5) is 27.6 Å². The van der Waals surface area contributed by atoms with Gasteiger partial charge in [0.1, 0.15) is 5.69 Å². The molecule has 2 rings (SSSR count). The minimum atomic E-state index is -2.12. The van der Waals surface area contributed by atoms with Gasteiger partial charge < -0.3 is 10.2 Å². The summed E-state index contributed by atoms with van der Waals surface area (Å²) in [4.78, 5) is 1.22. The average molecular weight is 294 g/mol. The lowest BCUT2D eigenvalue weighted by Crippen LogP contribution is -2.51. The summed E-state index contributed by atoms with van der Waals surface area (Å²) < 4.78 is 66.8. The minimum absolute atomic E-state index is 0.0243. The molecule has 1 unspecified atom stereocenters. The summed E-state index contributed by atoms with van der Waals surface area (Å²) in [7, 11) is 0. The van der Waals surface area contributed by atoms with Crippen LogP contribution in [0, 0.1) is 29.1 Å². The lowest BCUT2D eigenvalue weighted by atomic mass is 10.1. The fraction of sp³-hybridized carbons (Fsp3) is 0.538. The highest BCUT2D eigenvalue weighted by Crippen LogP contribution is 2.30. The van der Waals surface area contributed by atoms with Gasteiger partial charge in [0.15, 0.2) is 23.3 Å². The van der Waals surface area contributed by atoms with Gasteiger partial charge in [-0.1, -0.05) is 13.3 Å². The molecule has 0 aromatic heterocycles. The van der Waals surface area contributed by atoms with E-state index in [0.717, 1.165) is 12.8 Å². The zero-order valence-corrected chi connectivity index (χ0v) is 10.9. The number of nitrogens with one attached hydrogen (secondary N) is 1. The van der Waals surface area contributed by atoms with Gasteiger partial charge in [-0.2, -0.15) is 0 Å². The maximum Gasteiger partial charge on any atom is 0.200 e. The standard InChI is InChI=1S/C13H15F5N2/c1-2-3-7-6-20(5-4-19-7)13-11(17)9(15)8(14)10(16)12(13)18/h7,19H,2-6H2,1H3. The molecule has 1 aromatic rings. The highest BCUT2D eigenvalue weighted by molar-refractivity contribution is 5.51. The monoisotopic (exact) mass is 294 g/mol. The van der Waals surface area contributed by atoms with Gasteiger partial charge in [0.2, 0.25) is 5.82 Å². The predicted molar refractivity (Wildman–Crippen MR) is 65.1 cm³/mol. The number of anilines is 1. The van der Waals surface area contributed by atoms with Gasteiger partial charge in [-0.05, 0) is 6.42 Å². The Hall–Kier alpha value is -1.37. The van der Waals surface area contributed by atoms with E-state index >= 15 is 0 Å². The van der Waals surface area contributed by atoms with Crippen LogP contribution in [-0.4, -0.2) is 25.7 Å². The molecule has 1 aliphatic rings. The molecular weight excluding hydrogens is 279 g/mol. The minimum Gasteiger partial charge on any atom is -0.364 e. The molecule has 0 saturated carbocycles. The number of hydrogen-bond acceptors (Lipinski definition) is 2. The molecule has 1 saturated heterocycles. The fourth-order valence-corrected chi connectivity index (χ4v) is 2.44. The second-order valence-corrected chi connectivity index (χ2v) is 4.80. The topological polar surface area (TPSA) is 15.3 Å². The first-order chi connectivity index (χ1) is 9.47. The van der Waals surface area contributed by atoms with Crippen molar-refractivity contribution < 1.29 is 22.0 Å². The molecule has 0 amide bonds. The molecule has 1 N–H and O–H groups in total. The van der Waals surface area contributed by atoms with Gasteiger partial charge in [-0.3, -0.25) is 0 Å². The van der Waals surface area contributed by atoms with Crippen LogP contribution in [-0.2, 0) is 0 Å². The first kappa shape index (κ1) is 15.0. The molecule has 0 aliphatic carbocycles. The number of benzene rings is 1. The van der Waals surface area contributed by atoms with E-state index in [1.807, 2.05) is 6.92 Å². The van der Waals surface area contributed by atoms with Gasteiger partial charge in [-0.15, -0.1) is 0 Å². The third-order valence-electron chi connectivity index (χ3n) is 3.40. The summed E-state index contributed by atoms with van der Waals surface area (Å²) in [5.41, 5.74) is -0.830. The van der Waals surface area contributed by atoms with E-state index in [1.54, 1.807) is 0 Å². The molecule has 2 nitrogen and oxygen atoms in total. The van der Waals surface area contributed by atoms with Gasteiger partial charge in [-0.25, -0.2) is 22.0 Å². The van der Waals surface area contributed by atoms with Crippen molar-refractivity contribution in [2.45, 2.75) is 25.8 Å². The maximum atomic E-state index is 13.7. The molecule has 1 fully saturated rings. The molecular formula is C13H15F5N2. The SMILES string of the molecule is CCCC1CN(c2c(F)c(F)c(F)c(F)c2F)CCN1. The van der Waals surface area contributed by atoms with Crippen molar-refractivity contribution in [3.63, 3.8) is 0 Å². The van der Waals surface area contributed by atoms with Crippen LogP contribution in [0.2, 0.25) is 0 Å². The molecule has 1 aromatic carbocycles. The largest absolute Gasteiger partial charge is 0.364 e. The quantitative estimate of drug-likeness (QED) is 0.524. The number of rotatable bonds is 3. The second kappa shape index (κ2) is 5.95. The highest BCUT2D eigenvalue weighted by atomic mass is 19.2. The van der Waals surface area contributed by atoms with E-state index in [-0.39, 0.29) is 19.1 Å².